The van der Waals surface area contributed by atoms with Gasteiger partial charge in [0.2, 0.25) is 11.8 Å². The molecule has 0 atom stereocenters. The molecule has 2 heterocycles. The van der Waals surface area contributed by atoms with Crippen LogP contribution in [0, 0.1) is 27.7 Å². The van der Waals surface area contributed by atoms with Crippen molar-refractivity contribution < 1.29 is 33.3 Å². The van der Waals surface area contributed by atoms with Crippen LogP contribution in [-0.2, 0) is 30.8 Å². The van der Waals surface area contributed by atoms with E-state index in [1.807, 2.05) is 97.9 Å². The molecular weight excluding hydrogens is 717 g/mol. The van der Waals surface area contributed by atoms with Crippen molar-refractivity contribution in [1.82, 2.24) is 0 Å². The number of amides is 2. The first-order valence-corrected chi connectivity index (χ1v) is 19.2. The number of rotatable bonds is 10. The van der Waals surface area contributed by atoms with Crippen molar-refractivity contribution >= 4 is 29.2 Å². The lowest BCUT2D eigenvalue weighted by atomic mass is 9.77. The van der Waals surface area contributed by atoms with Crippen molar-refractivity contribution in [2.24, 2.45) is 0 Å². The number of anilines is 2. The Balaban J connectivity index is 1.20. The van der Waals surface area contributed by atoms with Crippen LogP contribution >= 0.6 is 0 Å². The molecule has 57 heavy (non-hydrogen) atoms. The van der Waals surface area contributed by atoms with Gasteiger partial charge in [-0.3, -0.25) is 9.59 Å². The number of hydrogen-bond donors (Lipinski definition) is 2. The Labute approximate surface area is 334 Å². The molecule has 5 aromatic rings. The highest BCUT2D eigenvalue weighted by Gasteiger charge is 2.53. The first-order chi connectivity index (χ1) is 27.0. The fraction of sp³-hybridized carbons (Fsp3) is 0.312. The highest BCUT2D eigenvalue weighted by Crippen LogP contribution is 2.57. The maximum atomic E-state index is 13.7. The molecule has 9 heteroatoms. The molecule has 0 unspecified atom stereocenters. The average Bonchev–Trinajstić information content (AvgIpc) is 3.41. The fourth-order valence-electron chi connectivity index (χ4n) is 9.14. The van der Waals surface area contributed by atoms with E-state index in [0.717, 1.165) is 44.9 Å². The SMILES string of the molecule is COc1cc(C)cc(C)c1C(C)(C)CC(=O)Nc1ccc2c(c1)Oc1cc(NC(=O)CC(C)(C)c3c(C)cc(C)cc3OC)ccc1C21OC(=O)c2ccccc21. The van der Waals surface area contributed by atoms with Crippen molar-refractivity contribution in [3.05, 3.63) is 141 Å². The summed E-state index contributed by atoms with van der Waals surface area (Å²) in [5.41, 5.74) is 7.28. The van der Waals surface area contributed by atoms with E-state index in [4.69, 9.17) is 18.9 Å². The second kappa shape index (κ2) is 14.4. The Morgan fingerprint density at radius 1 is 0.632 bits per heavy atom. The quantitative estimate of drug-likeness (QED) is 0.136. The molecule has 0 bridgehead atoms. The van der Waals surface area contributed by atoms with E-state index in [2.05, 4.69) is 22.8 Å². The van der Waals surface area contributed by atoms with Gasteiger partial charge in [0.15, 0.2) is 5.60 Å². The van der Waals surface area contributed by atoms with E-state index in [1.54, 1.807) is 44.6 Å². The maximum Gasteiger partial charge on any atom is 0.340 e. The largest absolute Gasteiger partial charge is 0.496 e. The van der Waals surface area contributed by atoms with Crippen molar-refractivity contribution in [2.45, 2.75) is 84.7 Å². The highest BCUT2D eigenvalue weighted by atomic mass is 16.6. The van der Waals surface area contributed by atoms with Crippen LogP contribution in [0.4, 0.5) is 11.4 Å². The molecular formula is C48H50N2O7. The van der Waals surface area contributed by atoms with Gasteiger partial charge in [-0.1, -0.05) is 58.0 Å². The Morgan fingerprint density at radius 3 is 1.54 bits per heavy atom. The minimum absolute atomic E-state index is 0.183. The number of aryl methyl sites for hydroxylation is 4. The molecule has 1 spiro atoms. The topological polar surface area (TPSA) is 112 Å². The second-order valence-electron chi connectivity index (χ2n) is 16.7. The van der Waals surface area contributed by atoms with E-state index in [0.29, 0.717) is 45.1 Å². The molecule has 7 rings (SSSR count). The van der Waals surface area contributed by atoms with Crippen LogP contribution in [-0.4, -0.2) is 32.0 Å². The zero-order chi connectivity index (χ0) is 41.0. The fourth-order valence-corrected chi connectivity index (χ4v) is 9.14. The normalized spacial score (nSPS) is 13.8. The molecule has 0 saturated carbocycles. The number of fused-ring (bicyclic) bond motifs is 6. The molecule has 2 aliphatic heterocycles. The first-order valence-electron chi connectivity index (χ1n) is 19.2. The number of benzene rings is 5. The predicted molar refractivity (Wildman–Crippen MR) is 222 cm³/mol. The van der Waals surface area contributed by atoms with E-state index < -0.39 is 22.4 Å². The third-order valence-corrected chi connectivity index (χ3v) is 11.2. The van der Waals surface area contributed by atoms with Crippen LogP contribution in [0.2, 0.25) is 0 Å². The summed E-state index contributed by atoms with van der Waals surface area (Å²) in [5.74, 6) is 1.51. The summed E-state index contributed by atoms with van der Waals surface area (Å²) in [5, 5.41) is 6.14. The molecule has 2 aliphatic rings. The molecule has 0 radical (unpaired) electrons. The van der Waals surface area contributed by atoms with Crippen molar-refractivity contribution in [3.63, 3.8) is 0 Å². The molecule has 2 N–H and O–H groups in total. The zero-order valence-corrected chi connectivity index (χ0v) is 34.4. The smallest absolute Gasteiger partial charge is 0.340 e. The average molecular weight is 767 g/mol. The Morgan fingerprint density at radius 2 is 1.09 bits per heavy atom. The van der Waals surface area contributed by atoms with Crippen LogP contribution in [0.5, 0.6) is 23.0 Å². The molecule has 0 aromatic heterocycles. The van der Waals surface area contributed by atoms with Gasteiger partial charge in [-0.15, -0.1) is 0 Å². The third-order valence-electron chi connectivity index (χ3n) is 11.2. The van der Waals surface area contributed by atoms with Crippen molar-refractivity contribution in [2.75, 3.05) is 24.9 Å². The van der Waals surface area contributed by atoms with Crippen LogP contribution in [0.1, 0.15) is 101 Å². The van der Waals surface area contributed by atoms with Gasteiger partial charge in [-0.05, 0) is 92.4 Å². The second-order valence-corrected chi connectivity index (χ2v) is 16.7. The molecule has 2 amide bonds. The Bertz CT molecular complexity index is 2330. The van der Waals surface area contributed by atoms with Gasteiger partial charge in [0.05, 0.1) is 19.8 Å². The molecule has 294 valence electrons. The zero-order valence-electron chi connectivity index (χ0n) is 34.4. The number of nitrogens with one attached hydrogen (secondary N) is 2. The van der Waals surface area contributed by atoms with Gasteiger partial charge >= 0.3 is 5.97 Å². The summed E-state index contributed by atoms with van der Waals surface area (Å²) in [6, 6.07) is 26.3. The van der Waals surface area contributed by atoms with Gasteiger partial charge in [0.25, 0.3) is 0 Å². The van der Waals surface area contributed by atoms with E-state index in [1.165, 1.54) is 0 Å². The number of esters is 1. The summed E-state index contributed by atoms with van der Waals surface area (Å²) in [6.07, 6.45) is 0.387. The monoisotopic (exact) mass is 766 g/mol. The number of methoxy groups -OCH3 is 2. The Hall–Kier alpha value is -6.09. The molecule has 5 aromatic carbocycles. The van der Waals surface area contributed by atoms with Gasteiger partial charge < -0.3 is 29.6 Å². The highest BCUT2D eigenvalue weighted by molar-refractivity contribution is 5.98. The summed E-state index contributed by atoms with van der Waals surface area (Å²) in [7, 11) is 3.29. The summed E-state index contributed by atoms with van der Waals surface area (Å²) >= 11 is 0. The van der Waals surface area contributed by atoms with Crippen LogP contribution in [0.25, 0.3) is 0 Å². The lowest BCUT2D eigenvalue weighted by Gasteiger charge is -2.37. The predicted octanol–water partition coefficient (Wildman–Crippen LogP) is 10.1. The number of hydrogen-bond acceptors (Lipinski definition) is 7. The van der Waals surface area contributed by atoms with Gasteiger partial charge in [-0.25, -0.2) is 4.79 Å². The number of carbonyl (C=O) groups is 3. The summed E-state index contributed by atoms with van der Waals surface area (Å²) in [6.45, 7) is 16.3. The number of carbonyl (C=O) groups excluding carboxylic acids is 3. The standard InChI is InChI=1S/C48H50N2O7/c1-27-19-29(3)43(39(21-27)54-9)46(5,6)25-41(51)49-31-15-17-35-37(23-31)56-38-24-32(16-18-36(38)48(35)34-14-12-11-13-33(34)45(53)57-48)50-42(52)26-47(7,8)44-30(4)20-28(2)22-40(44)55-10/h11-24H,25-26H2,1-10H3,(H,49,51)(H,50,52). The van der Waals surface area contributed by atoms with E-state index in [9.17, 15) is 14.4 Å². The lowest BCUT2D eigenvalue weighted by Crippen LogP contribution is -2.33. The van der Waals surface area contributed by atoms with Crippen molar-refractivity contribution in [1.29, 1.82) is 0 Å². The van der Waals surface area contributed by atoms with Crippen LogP contribution in [0.3, 0.4) is 0 Å². The third kappa shape index (κ3) is 7.00. The lowest BCUT2D eigenvalue weighted by molar-refractivity contribution is -0.118. The molecule has 0 fully saturated rings. The maximum absolute atomic E-state index is 13.7. The van der Waals surface area contributed by atoms with Gasteiger partial charge in [-0.2, -0.15) is 0 Å². The molecule has 0 saturated heterocycles. The first kappa shape index (κ1) is 39.2. The van der Waals surface area contributed by atoms with Gasteiger partial charge in [0, 0.05) is 75.0 Å². The Kier molecular flexibility index (Phi) is 9.92. The minimum atomic E-state index is -1.31. The van der Waals surface area contributed by atoms with E-state index >= 15 is 0 Å². The van der Waals surface area contributed by atoms with Crippen LogP contribution < -0.4 is 24.8 Å². The van der Waals surface area contributed by atoms with E-state index in [-0.39, 0.29) is 24.7 Å². The number of ether oxygens (including phenoxy) is 4. The van der Waals surface area contributed by atoms with Crippen molar-refractivity contribution in [3.8, 4) is 23.0 Å². The molecule has 9 nitrogen and oxygen atoms in total. The molecule has 0 aliphatic carbocycles. The van der Waals surface area contributed by atoms with Crippen LogP contribution in [0.15, 0.2) is 84.9 Å². The summed E-state index contributed by atoms with van der Waals surface area (Å²) in [4.78, 5) is 40.9. The minimum Gasteiger partial charge on any atom is -0.496 e. The summed E-state index contributed by atoms with van der Waals surface area (Å²) < 4.78 is 24.4. The van der Waals surface area contributed by atoms with Gasteiger partial charge in [0.1, 0.15) is 23.0 Å².